The van der Waals surface area contributed by atoms with Crippen LogP contribution in [0, 0.1) is 0 Å². The van der Waals surface area contributed by atoms with Crippen LogP contribution in [0.5, 0.6) is 0 Å². The van der Waals surface area contributed by atoms with Crippen LogP contribution in [0.25, 0.3) is 0 Å². The first-order valence-corrected chi connectivity index (χ1v) is 3.41. The summed E-state index contributed by atoms with van der Waals surface area (Å²) in [5, 5.41) is 18.1. The summed E-state index contributed by atoms with van der Waals surface area (Å²) in [6.45, 7) is 1.23. The third-order valence-electron chi connectivity index (χ3n) is 1.66. The lowest BCUT2D eigenvalue weighted by Gasteiger charge is -2.17. The molecule has 1 heterocycles. The number of rotatable bonds is 2. The summed E-state index contributed by atoms with van der Waals surface area (Å²) in [6.07, 6.45) is 2.87. The molecule has 0 saturated heterocycles. The van der Waals surface area contributed by atoms with E-state index in [4.69, 9.17) is 5.11 Å². The van der Waals surface area contributed by atoms with Gasteiger partial charge in [-0.15, -0.1) is 0 Å². The molecule has 1 unspecified atom stereocenters. The molecule has 4 heteroatoms. The van der Waals surface area contributed by atoms with Crippen molar-refractivity contribution >= 4 is 5.97 Å². The molecule has 0 aromatic carbocycles. The molecule has 1 aromatic heterocycles. The smallest absolute Gasteiger partial charge is 0.340 e. The van der Waals surface area contributed by atoms with Gasteiger partial charge in [0.2, 0.25) is 0 Å². The fourth-order valence-corrected chi connectivity index (χ4v) is 0.800. The predicted octanol–water partition coefficient (Wildman–Crippen LogP) is 0.374. The van der Waals surface area contributed by atoms with Gasteiger partial charge < -0.3 is 10.2 Å². The molecule has 0 bridgehead atoms. The highest BCUT2D eigenvalue weighted by atomic mass is 16.4. The standard InChI is InChI=1S/C8H9NO3/c1-8(12,7(10)11)6-2-4-9-5-3-6/h2-5,12H,1H3,(H,10,11). The van der Waals surface area contributed by atoms with Crippen molar-refractivity contribution in [2.24, 2.45) is 0 Å². The van der Waals surface area contributed by atoms with Gasteiger partial charge in [0.15, 0.2) is 5.60 Å². The maximum absolute atomic E-state index is 10.6. The van der Waals surface area contributed by atoms with Gasteiger partial charge in [0.25, 0.3) is 0 Å². The fraction of sp³-hybridized carbons (Fsp3) is 0.250. The molecular weight excluding hydrogens is 158 g/mol. The van der Waals surface area contributed by atoms with Crippen LogP contribution in [0.1, 0.15) is 12.5 Å². The van der Waals surface area contributed by atoms with Crippen molar-refractivity contribution in [3.8, 4) is 0 Å². The maximum Gasteiger partial charge on any atom is 0.340 e. The minimum absolute atomic E-state index is 0.324. The van der Waals surface area contributed by atoms with E-state index in [1.807, 2.05) is 0 Å². The Kier molecular flexibility index (Phi) is 2.10. The highest BCUT2D eigenvalue weighted by molar-refractivity contribution is 5.78. The molecule has 1 rings (SSSR count). The fourth-order valence-electron chi connectivity index (χ4n) is 0.800. The van der Waals surface area contributed by atoms with E-state index in [-0.39, 0.29) is 0 Å². The minimum Gasteiger partial charge on any atom is -0.479 e. The van der Waals surface area contributed by atoms with Crippen molar-refractivity contribution in [3.63, 3.8) is 0 Å². The lowest BCUT2D eigenvalue weighted by atomic mass is 9.98. The van der Waals surface area contributed by atoms with Crippen LogP contribution in [0.2, 0.25) is 0 Å². The van der Waals surface area contributed by atoms with Crippen molar-refractivity contribution in [3.05, 3.63) is 30.1 Å². The number of hydrogen-bond donors (Lipinski definition) is 2. The Bertz CT molecular complexity index is 282. The average molecular weight is 167 g/mol. The predicted molar refractivity (Wildman–Crippen MR) is 41.4 cm³/mol. The van der Waals surface area contributed by atoms with Crippen molar-refractivity contribution in [2.45, 2.75) is 12.5 Å². The lowest BCUT2D eigenvalue weighted by molar-refractivity contribution is -0.157. The molecule has 1 atom stereocenters. The Labute approximate surface area is 69.5 Å². The van der Waals surface area contributed by atoms with Gasteiger partial charge in [-0.1, -0.05) is 0 Å². The first-order chi connectivity index (χ1) is 5.55. The SMILES string of the molecule is CC(O)(C(=O)O)c1ccncc1. The summed E-state index contributed by atoms with van der Waals surface area (Å²) in [6, 6.07) is 2.93. The number of aliphatic carboxylic acids is 1. The van der Waals surface area contributed by atoms with Crippen LogP contribution in [0.3, 0.4) is 0 Å². The minimum atomic E-state index is -1.83. The quantitative estimate of drug-likeness (QED) is 0.667. The van der Waals surface area contributed by atoms with E-state index in [1.165, 1.54) is 31.5 Å². The van der Waals surface area contributed by atoms with Crippen molar-refractivity contribution in [2.75, 3.05) is 0 Å². The van der Waals surface area contributed by atoms with E-state index in [2.05, 4.69) is 4.98 Å². The van der Waals surface area contributed by atoms with Gasteiger partial charge in [0, 0.05) is 12.4 Å². The Morgan fingerprint density at radius 2 is 2.00 bits per heavy atom. The summed E-state index contributed by atoms with van der Waals surface area (Å²) in [5.74, 6) is -1.27. The van der Waals surface area contributed by atoms with Crippen molar-refractivity contribution < 1.29 is 15.0 Å². The molecule has 0 amide bonds. The molecule has 2 N–H and O–H groups in total. The number of carbonyl (C=O) groups is 1. The molecule has 4 nitrogen and oxygen atoms in total. The molecule has 1 aromatic rings. The molecular formula is C8H9NO3. The van der Waals surface area contributed by atoms with E-state index < -0.39 is 11.6 Å². The van der Waals surface area contributed by atoms with Gasteiger partial charge in [0.1, 0.15) is 0 Å². The Morgan fingerprint density at radius 3 is 2.42 bits per heavy atom. The Balaban J connectivity index is 3.06. The van der Waals surface area contributed by atoms with Gasteiger partial charge in [0.05, 0.1) is 0 Å². The van der Waals surface area contributed by atoms with Gasteiger partial charge in [-0.2, -0.15) is 0 Å². The summed E-state index contributed by atoms with van der Waals surface area (Å²) >= 11 is 0. The van der Waals surface area contributed by atoms with E-state index in [9.17, 15) is 9.90 Å². The summed E-state index contributed by atoms with van der Waals surface area (Å²) in [4.78, 5) is 14.3. The first-order valence-electron chi connectivity index (χ1n) is 3.41. The van der Waals surface area contributed by atoms with Crippen LogP contribution in [0.15, 0.2) is 24.5 Å². The molecule has 0 fully saturated rings. The monoisotopic (exact) mass is 167 g/mol. The van der Waals surface area contributed by atoms with Gasteiger partial charge in [-0.05, 0) is 24.6 Å². The number of carboxylic acid groups (broad SMARTS) is 1. The van der Waals surface area contributed by atoms with Crippen molar-refractivity contribution in [1.29, 1.82) is 0 Å². The highest BCUT2D eigenvalue weighted by Gasteiger charge is 2.31. The summed E-state index contributed by atoms with van der Waals surface area (Å²) in [7, 11) is 0. The van der Waals surface area contributed by atoms with Crippen LogP contribution >= 0.6 is 0 Å². The van der Waals surface area contributed by atoms with E-state index >= 15 is 0 Å². The summed E-state index contributed by atoms with van der Waals surface area (Å²) in [5.41, 5.74) is -1.51. The largest absolute Gasteiger partial charge is 0.479 e. The van der Waals surface area contributed by atoms with Crippen LogP contribution in [-0.2, 0) is 10.4 Å². The molecule has 0 aliphatic carbocycles. The van der Waals surface area contributed by atoms with E-state index in [1.54, 1.807) is 0 Å². The zero-order chi connectivity index (χ0) is 9.19. The van der Waals surface area contributed by atoms with Crippen LogP contribution < -0.4 is 0 Å². The van der Waals surface area contributed by atoms with Gasteiger partial charge in [-0.3, -0.25) is 4.98 Å². The number of aliphatic hydroxyl groups is 1. The normalized spacial score (nSPS) is 15.2. The zero-order valence-corrected chi connectivity index (χ0v) is 6.56. The Hall–Kier alpha value is -1.42. The molecule has 12 heavy (non-hydrogen) atoms. The number of nitrogens with zero attached hydrogens (tertiary/aromatic N) is 1. The second-order valence-corrected chi connectivity index (χ2v) is 2.61. The van der Waals surface area contributed by atoms with E-state index in [0.717, 1.165) is 0 Å². The van der Waals surface area contributed by atoms with Gasteiger partial charge in [-0.25, -0.2) is 4.79 Å². The molecule has 0 spiro atoms. The maximum atomic E-state index is 10.6. The zero-order valence-electron chi connectivity index (χ0n) is 6.56. The number of pyridine rings is 1. The molecule has 0 saturated carbocycles. The third-order valence-corrected chi connectivity index (χ3v) is 1.66. The van der Waals surface area contributed by atoms with Crippen LogP contribution in [-0.4, -0.2) is 21.2 Å². The molecule has 0 radical (unpaired) electrons. The second-order valence-electron chi connectivity index (χ2n) is 2.61. The average Bonchev–Trinajstić information content (AvgIpc) is 2.06. The number of carboxylic acids is 1. The van der Waals surface area contributed by atoms with Crippen LogP contribution in [0.4, 0.5) is 0 Å². The molecule has 64 valence electrons. The molecule has 0 aliphatic heterocycles. The van der Waals surface area contributed by atoms with E-state index in [0.29, 0.717) is 5.56 Å². The first kappa shape index (κ1) is 8.67. The Morgan fingerprint density at radius 1 is 1.50 bits per heavy atom. The third kappa shape index (κ3) is 1.43. The second kappa shape index (κ2) is 2.91. The lowest BCUT2D eigenvalue weighted by Crippen LogP contribution is -2.31. The van der Waals surface area contributed by atoms with Crippen molar-refractivity contribution in [1.82, 2.24) is 4.98 Å². The van der Waals surface area contributed by atoms with Gasteiger partial charge >= 0.3 is 5.97 Å². The highest BCUT2D eigenvalue weighted by Crippen LogP contribution is 2.19. The number of aromatic nitrogens is 1. The molecule has 0 aliphatic rings. The topological polar surface area (TPSA) is 70.4 Å². The number of hydrogen-bond acceptors (Lipinski definition) is 3. The summed E-state index contributed by atoms with van der Waals surface area (Å²) < 4.78 is 0.